The van der Waals surface area contributed by atoms with Crippen molar-refractivity contribution in [2.24, 2.45) is 0 Å². The minimum absolute atomic E-state index is 0.0860. The van der Waals surface area contributed by atoms with Crippen molar-refractivity contribution in [3.63, 3.8) is 0 Å². The summed E-state index contributed by atoms with van der Waals surface area (Å²) < 4.78 is 101. The number of alkyl halides is 6. The largest absolute Gasteiger partial charge is 0.461 e. The van der Waals surface area contributed by atoms with Crippen LogP contribution < -0.4 is 0 Å². The molecule has 0 saturated carbocycles. The summed E-state index contributed by atoms with van der Waals surface area (Å²) >= 11 is 0. The molecule has 23 heavy (non-hydrogen) atoms. The molecule has 0 fully saturated rings. The van der Waals surface area contributed by atoms with Crippen LogP contribution in [0.1, 0.15) is 18.1 Å². The second-order valence-corrected chi connectivity index (χ2v) is 4.84. The maximum atomic E-state index is 14.1. The van der Waals surface area contributed by atoms with Crippen molar-refractivity contribution in [3.05, 3.63) is 35.1 Å². The predicted molar refractivity (Wildman–Crippen MR) is 60.7 cm³/mol. The number of rotatable bonds is 3. The molecule has 2 rings (SSSR count). The van der Waals surface area contributed by atoms with Gasteiger partial charge in [0.2, 0.25) is 5.60 Å². The molecule has 1 N–H and O–H groups in total. The van der Waals surface area contributed by atoms with E-state index in [9.17, 15) is 40.6 Å². The second-order valence-electron chi connectivity index (χ2n) is 4.84. The van der Waals surface area contributed by atoms with Gasteiger partial charge in [0.1, 0.15) is 5.82 Å². The van der Waals surface area contributed by atoms with E-state index in [2.05, 4.69) is 4.74 Å². The number of hydrogen-bond donors (Lipinski definition) is 1. The zero-order valence-electron chi connectivity index (χ0n) is 11.3. The van der Waals surface area contributed by atoms with E-state index in [0.29, 0.717) is 6.07 Å². The molecule has 0 amide bonds. The van der Waals surface area contributed by atoms with Crippen LogP contribution in [-0.2, 0) is 21.1 Å². The maximum Gasteiger partial charge on any atom is 0.381 e. The Morgan fingerprint density at radius 1 is 1.22 bits per heavy atom. The Kier molecular flexibility index (Phi) is 3.67. The van der Waals surface area contributed by atoms with Crippen LogP contribution in [0.4, 0.5) is 30.7 Å². The summed E-state index contributed by atoms with van der Waals surface area (Å²) in [6.07, 6.45) is 0. The third kappa shape index (κ3) is 1.90. The first kappa shape index (κ1) is 17.5. The highest BCUT2D eigenvalue weighted by atomic mass is 19.3. The summed E-state index contributed by atoms with van der Waals surface area (Å²) in [6, 6.07) is 0.409. The highest BCUT2D eigenvalue weighted by molar-refractivity contribution is 5.81. The van der Waals surface area contributed by atoms with Crippen molar-refractivity contribution in [2.45, 2.75) is 30.3 Å². The van der Waals surface area contributed by atoms with Gasteiger partial charge in [-0.05, 0) is 25.1 Å². The fourth-order valence-corrected chi connectivity index (χ4v) is 2.39. The van der Waals surface area contributed by atoms with Crippen molar-refractivity contribution < 1.29 is 45.4 Å². The molecule has 10 heteroatoms. The van der Waals surface area contributed by atoms with E-state index in [4.69, 9.17) is 0 Å². The van der Waals surface area contributed by atoms with Crippen molar-refractivity contribution in [2.75, 3.05) is 6.61 Å². The minimum Gasteiger partial charge on any atom is -0.461 e. The van der Waals surface area contributed by atoms with Gasteiger partial charge in [-0.2, -0.15) is 26.3 Å². The number of benzene rings is 1. The third-order valence-electron chi connectivity index (χ3n) is 3.54. The van der Waals surface area contributed by atoms with Gasteiger partial charge in [-0.25, -0.2) is 9.18 Å². The molecule has 0 spiro atoms. The summed E-state index contributed by atoms with van der Waals surface area (Å²) in [4.78, 5) is 11.2. The molecule has 0 heterocycles. The molecule has 0 aliphatic heterocycles. The molecule has 0 radical (unpaired) electrons. The number of aliphatic hydroxyl groups is 1. The molecular weight excluding hydrogens is 337 g/mol. The van der Waals surface area contributed by atoms with E-state index >= 15 is 0 Å². The number of halogens is 7. The number of ether oxygens (including phenoxy) is 1. The average molecular weight is 346 g/mol. The molecule has 1 aromatic rings. The Balaban J connectivity index is 2.80. The zero-order valence-corrected chi connectivity index (χ0v) is 11.3. The van der Waals surface area contributed by atoms with Crippen LogP contribution in [0, 0.1) is 5.82 Å². The Bertz CT molecular complexity index is 659. The van der Waals surface area contributed by atoms with Crippen molar-refractivity contribution >= 4 is 5.97 Å². The Morgan fingerprint density at radius 2 is 1.78 bits per heavy atom. The van der Waals surface area contributed by atoms with Crippen LogP contribution >= 0.6 is 0 Å². The summed E-state index contributed by atoms with van der Waals surface area (Å²) in [7, 11) is 0. The Morgan fingerprint density at radius 3 is 2.30 bits per heavy atom. The van der Waals surface area contributed by atoms with Crippen molar-refractivity contribution in [1.82, 2.24) is 0 Å². The molecule has 3 nitrogen and oxygen atoms in total. The van der Waals surface area contributed by atoms with Crippen LogP contribution in [0.2, 0.25) is 0 Å². The van der Waals surface area contributed by atoms with Gasteiger partial charge in [0.05, 0.1) is 6.61 Å². The lowest BCUT2D eigenvalue weighted by Gasteiger charge is -2.36. The van der Waals surface area contributed by atoms with E-state index in [1.165, 1.54) is 0 Å². The quantitative estimate of drug-likeness (QED) is 0.676. The van der Waals surface area contributed by atoms with Gasteiger partial charge in [-0.15, -0.1) is 0 Å². The van der Waals surface area contributed by atoms with Crippen LogP contribution in [0.3, 0.4) is 0 Å². The smallest absolute Gasteiger partial charge is 0.381 e. The molecule has 0 aromatic heterocycles. The van der Waals surface area contributed by atoms with Gasteiger partial charge in [-0.3, -0.25) is 0 Å². The van der Waals surface area contributed by atoms with Gasteiger partial charge in [0.15, 0.2) is 0 Å². The topological polar surface area (TPSA) is 46.5 Å². The summed E-state index contributed by atoms with van der Waals surface area (Å²) in [5.74, 6) is -20.5. The standard InChI is InChI=1S/C13H9F7O3/c1-2-23-9(21)12(17,18)10(22)8-5-6(14)3-4-7(8)11(15,16)13(10,19)20/h3-5,22H,2H2,1H3. The van der Waals surface area contributed by atoms with E-state index in [1.54, 1.807) is 0 Å². The van der Waals surface area contributed by atoms with Gasteiger partial charge in [0, 0.05) is 11.1 Å². The van der Waals surface area contributed by atoms with Crippen molar-refractivity contribution in [3.8, 4) is 0 Å². The van der Waals surface area contributed by atoms with E-state index < -0.39 is 52.9 Å². The lowest BCUT2D eigenvalue weighted by Crippen LogP contribution is -2.62. The molecule has 0 saturated heterocycles. The first-order chi connectivity index (χ1) is 10.4. The normalized spacial score (nSPS) is 25.1. The third-order valence-corrected chi connectivity index (χ3v) is 3.54. The van der Waals surface area contributed by atoms with E-state index in [-0.39, 0.29) is 12.1 Å². The number of hydrogen-bond acceptors (Lipinski definition) is 3. The lowest BCUT2D eigenvalue weighted by atomic mass is 9.86. The first-order valence-electron chi connectivity index (χ1n) is 6.19. The number of esters is 1. The Hall–Kier alpha value is -1.84. The number of carbonyl (C=O) groups excluding carboxylic acids is 1. The molecular formula is C13H9F7O3. The van der Waals surface area contributed by atoms with Gasteiger partial charge in [0.25, 0.3) is 0 Å². The highest BCUT2D eigenvalue weighted by Crippen LogP contribution is 2.65. The molecule has 1 aliphatic rings. The molecule has 1 aromatic carbocycles. The van der Waals surface area contributed by atoms with E-state index in [0.717, 1.165) is 6.92 Å². The molecule has 128 valence electrons. The molecule has 1 aliphatic carbocycles. The minimum atomic E-state index is -5.79. The van der Waals surface area contributed by atoms with Crippen molar-refractivity contribution in [1.29, 1.82) is 0 Å². The highest BCUT2D eigenvalue weighted by Gasteiger charge is 2.85. The molecule has 1 unspecified atom stereocenters. The van der Waals surface area contributed by atoms with Gasteiger partial charge in [-0.1, -0.05) is 0 Å². The predicted octanol–water partition coefficient (Wildman–Crippen LogP) is 2.95. The van der Waals surface area contributed by atoms with Crippen LogP contribution in [0.15, 0.2) is 18.2 Å². The monoisotopic (exact) mass is 346 g/mol. The average Bonchev–Trinajstić information content (AvgIpc) is 2.56. The van der Waals surface area contributed by atoms with E-state index in [1.807, 2.05) is 0 Å². The van der Waals surface area contributed by atoms with Crippen LogP contribution in [0.25, 0.3) is 0 Å². The molecule has 0 bridgehead atoms. The van der Waals surface area contributed by atoms with Crippen LogP contribution in [-0.4, -0.2) is 29.5 Å². The van der Waals surface area contributed by atoms with Crippen LogP contribution in [0.5, 0.6) is 0 Å². The fourth-order valence-electron chi connectivity index (χ4n) is 2.39. The summed E-state index contributed by atoms with van der Waals surface area (Å²) in [6.45, 7) is 0.384. The fraction of sp³-hybridized carbons (Fsp3) is 0.462. The van der Waals surface area contributed by atoms with Gasteiger partial charge >= 0.3 is 23.7 Å². The second kappa shape index (κ2) is 4.83. The SMILES string of the molecule is CCOC(=O)C(F)(F)C1(O)c2cc(F)ccc2C(F)(F)C1(F)F. The maximum absolute atomic E-state index is 14.1. The van der Waals surface area contributed by atoms with Gasteiger partial charge < -0.3 is 9.84 Å². The summed E-state index contributed by atoms with van der Waals surface area (Å²) in [5.41, 5.74) is -8.44. The molecule has 1 atom stereocenters. The first-order valence-corrected chi connectivity index (χ1v) is 6.19. The Labute approximate surface area is 124 Å². The summed E-state index contributed by atoms with van der Waals surface area (Å²) in [5, 5.41) is 9.81. The number of carbonyl (C=O) groups is 1. The lowest BCUT2D eigenvalue weighted by molar-refractivity contribution is -0.337. The number of fused-ring (bicyclic) bond motifs is 1. The zero-order chi connectivity index (χ0) is 17.8.